The van der Waals surface area contributed by atoms with Crippen molar-refractivity contribution in [2.45, 2.75) is 6.92 Å². The second kappa shape index (κ2) is 4.14. The summed E-state index contributed by atoms with van der Waals surface area (Å²) in [5.41, 5.74) is 4.94. The predicted molar refractivity (Wildman–Crippen MR) is 33.8 cm³/mol. The average Bonchev–Trinajstić information content (AvgIpc) is 1.82. The maximum atomic E-state index is 10.4. The number of carbonyl (C=O) groups excluding carboxylic acids is 1. The van der Waals surface area contributed by atoms with Crippen LogP contribution in [0.15, 0.2) is 0 Å². The number of hydrogen-bond donors (Lipinski definition) is 1. The van der Waals surface area contributed by atoms with Gasteiger partial charge in [-0.05, 0) is 6.92 Å². The SMILES string of the molecule is CCN(COC)C(N)=O. The zero-order valence-electron chi connectivity index (χ0n) is 5.76. The Labute approximate surface area is 54.6 Å². The van der Waals surface area contributed by atoms with Gasteiger partial charge in [-0.15, -0.1) is 0 Å². The molecule has 0 unspecified atom stereocenters. The Morgan fingerprint density at radius 1 is 1.78 bits per heavy atom. The van der Waals surface area contributed by atoms with Crippen LogP contribution in [0.5, 0.6) is 0 Å². The number of nitrogens with two attached hydrogens (primary N) is 1. The first kappa shape index (κ1) is 8.23. The summed E-state index contributed by atoms with van der Waals surface area (Å²) in [5.74, 6) is 0. The Bertz CT molecular complexity index is 95.0. The molecule has 4 nitrogen and oxygen atoms in total. The number of hydrogen-bond acceptors (Lipinski definition) is 2. The Balaban J connectivity index is 3.54. The molecular weight excluding hydrogens is 120 g/mol. The second-order valence-electron chi connectivity index (χ2n) is 1.61. The minimum Gasteiger partial charge on any atom is -0.364 e. The Morgan fingerprint density at radius 3 is 2.44 bits per heavy atom. The predicted octanol–water partition coefficient (Wildman–Crippen LogP) is -0.00910. The molecule has 0 heterocycles. The van der Waals surface area contributed by atoms with E-state index in [9.17, 15) is 4.79 Å². The normalized spacial score (nSPS) is 9.11. The van der Waals surface area contributed by atoms with Gasteiger partial charge in [0.05, 0.1) is 0 Å². The first-order valence-corrected chi connectivity index (χ1v) is 2.75. The van der Waals surface area contributed by atoms with Crippen LogP contribution < -0.4 is 5.73 Å². The van der Waals surface area contributed by atoms with Crippen LogP contribution in [0, 0.1) is 0 Å². The molecular formula is C5H12N2O2. The van der Waals surface area contributed by atoms with Crippen molar-refractivity contribution < 1.29 is 9.53 Å². The van der Waals surface area contributed by atoms with Crippen LogP contribution in [0.3, 0.4) is 0 Å². The van der Waals surface area contributed by atoms with Gasteiger partial charge in [0.25, 0.3) is 0 Å². The van der Waals surface area contributed by atoms with Crippen molar-refractivity contribution in [3.8, 4) is 0 Å². The number of nitrogens with zero attached hydrogens (tertiary/aromatic N) is 1. The molecule has 0 aromatic carbocycles. The molecule has 2 N–H and O–H groups in total. The summed E-state index contributed by atoms with van der Waals surface area (Å²) in [4.78, 5) is 11.8. The fraction of sp³-hybridized carbons (Fsp3) is 0.800. The maximum Gasteiger partial charge on any atom is 0.316 e. The van der Waals surface area contributed by atoms with Crippen molar-refractivity contribution in [3.63, 3.8) is 0 Å². The van der Waals surface area contributed by atoms with Gasteiger partial charge in [-0.3, -0.25) is 0 Å². The molecule has 0 fully saturated rings. The summed E-state index contributed by atoms with van der Waals surface area (Å²) in [6.45, 7) is 2.69. The van der Waals surface area contributed by atoms with E-state index in [1.165, 1.54) is 12.0 Å². The van der Waals surface area contributed by atoms with E-state index in [1.807, 2.05) is 6.92 Å². The van der Waals surface area contributed by atoms with Gasteiger partial charge >= 0.3 is 6.03 Å². The molecule has 0 saturated carbocycles. The molecule has 0 aromatic heterocycles. The molecule has 0 aliphatic heterocycles. The lowest BCUT2D eigenvalue weighted by Gasteiger charge is -2.15. The van der Waals surface area contributed by atoms with Gasteiger partial charge in [0.2, 0.25) is 0 Å². The molecule has 0 bridgehead atoms. The fourth-order valence-electron chi connectivity index (χ4n) is 0.467. The van der Waals surface area contributed by atoms with E-state index in [0.29, 0.717) is 6.54 Å². The minimum atomic E-state index is -0.445. The smallest absolute Gasteiger partial charge is 0.316 e. The summed E-state index contributed by atoms with van der Waals surface area (Å²) >= 11 is 0. The molecule has 0 aliphatic rings. The van der Waals surface area contributed by atoms with Gasteiger partial charge in [0, 0.05) is 13.7 Å². The van der Waals surface area contributed by atoms with Crippen molar-refractivity contribution in [2.24, 2.45) is 5.73 Å². The third-order valence-electron chi connectivity index (χ3n) is 0.978. The number of ether oxygens (including phenoxy) is 1. The van der Waals surface area contributed by atoms with Crippen LogP contribution in [0.25, 0.3) is 0 Å². The fourth-order valence-corrected chi connectivity index (χ4v) is 0.467. The first-order chi connectivity index (χ1) is 4.22. The van der Waals surface area contributed by atoms with Gasteiger partial charge < -0.3 is 15.4 Å². The van der Waals surface area contributed by atoms with Crippen LogP contribution >= 0.6 is 0 Å². The van der Waals surface area contributed by atoms with Gasteiger partial charge in [-0.25, -0.2) is 4.79 Å². The number of methoxy groups -OCH3 is 1. The standard InChI is InChI=1S/C5H12N2O2/c1-3-7(4-9-2)5(6)8/h3-4H2,1-2H3,(H2,6,8). The second-order valence-corrected chi connectivity index (χ2v) is 1.61. The lowest BCUT2D eigenvalue weighted by Crippen LogP contribution is -2.36. The highest BCUT2D eigenvalue weighted by Gasteiger charge is 2.03. The summed E-state index contributed by atoms with van der Waals surface area (Å²) in [6, 6.07) is -0.445. The molecule has 2 amide bonds. The minimum absolute atomic E-state index is 0.270. The van der Waals surface area contributed by atoms with E-state index in [-0.39, 0.29) is 6.73 Å². The molecule has 4 heteroatoms. The summed E-state index contributed by atoms with van der Waals surface area (Å²) in [5, 5.41) is 0. The first-order valence-electron chi connectivity index (χ1n) is 2.75. The van der Waals surface area contributed by atoms with E-state index in [4.69, 9.17) is 5.73 Å². The molecule has 54 valence electrons. The van der Waals surface area contributed by atoms with E-state index in [0.717, 1.165) is 0 Å². The molecule has 0 atom stereocenters. The van der Waals surface area contributed by atoms with Crippen LogP contribution in [-0.2, 0) is 4.74 Å². The van der Waals surface area contributed by atoms with Crippen molar-refractivity contribution in [3.05, 3.63) is 0 Å². The lowest BCUT2D eigenvalue weighted by molar-refractivity contribution is 0.0895. The van der Waals surface area contributed by atoms with Crippen molar-refractivity contribution in [1.82, 2.24) is 4.90 Å². The third-order valence-corrected chi connectivity index (χ3v) is 0.978. The van der Waals surface area contributed by atoms with E-state index < -0.39 is 6.03 Å². The van der Waals surface area contributed by atoms with Crippen LogP contribution in [0.1, 0.15) is 6.92 Å². The number of carbonyl (C=O) groups is 1. The Hall–Kier alpha value is -0.770. The highest BCUT2D eigenvalue weighted by molar-refractivity contribution is 5.71. The molecule has 0 rings (SSSR count). The third kappa shape index (κ3) is 2.92. The highest BCUT2D eigenvalue weighted by Crippen LogP contribution is 1.84. The zero-order valence-corrected chi connectivity index (χ0v) is 5.76. The molecule has 0 aliphatic carbocycles. The maximum absolute atomic E-state index is 10.4. The largest absolute Gasteiger partial charge is 0.364 e. The van der Waals surface area contributed by atoms with Crippen molar-refractivity contribution in [2.75, 3.05) is 20.4 Å². The number of amides is 2. The van der Waals surface area contributed by atoms with Crippen molar-refractivity contribution >= 4 is 6.03 Å². The zero-order chi connectivity index (χ0) is 7.28. The average molecular weight is 132 g/mol. The van der Waals surface area contributed by atoms with E-state index in [1.54, 1.807) is 0 Å². The van der Waals surface area contributed by atoms with E-state index >= 15 is 0 Å². The van der Waals surface area contributed by atoms with Gasteiger partial charge in [0.1, 0.15) is 6.73 Å². The Kier molecular flexibility index (Phi) is 3.79. The topological polar surface area (TPSA) is 55.6 Å². The summed E-state index contributed by atoms with van der Waals surface area (Å²) in [6.07, 6.45) is 0. The van der Waals surface area contributed by atoms with Crippen molar-refractivity contribution in [1.29, 1.82) is 0 Å². The molecule has 9 heavy (non-hydrogen) atoms. The quantitative estimate of drug-likeness (QED) is 0.549. The molecule has 0 radical (unpaired) electrons. The number of urea groups is 1. The van der Waals surface area contributed by atoms with Crippen LogP contribution in [0.4, 0.5) is 4.79 Å². The lowest BCUT2D eigenvalue weighted by atomic mass is 10.6. The summed E-state index contributed by atoms with van der Waals surface area (Å²) in [7, 11) is 1.52. The van der Waals surface area contributed by atoms with Gasteiger partial charge in [-0.2, -0.15) is 0 Å². The highest BCUT2D eigenvalue weighted by atomic mass is 16.5. The molecule has 0 spiro atoms. The van der Waals surface area contributed by atoms with Gasteiger partial charge in [-0.1, -0.05) is 0 Å². The molecule has 0 aromatic rings. The van der Waals surface area contributed by atoms with E-state index in [2.05, 4.69) is 4.74 Å². The van der Waals surface area contributed by atoms with Gasteiger partial charge in [0.15, 0.2) is 0 Å². The van der Waals surface area contributed by atoms with Crippen LogP contribution in [-0.4, -0.2) is 31.3 Å². The van der Waals surface area contributed by atoms with Crippen LogP contribution in [0.2, 0.25) is 0 Å². The summed E-state index contributed by atoms with van der Waals surface area (Å²) < 4.78 is 4.68. The number of rotatable bonds is 3. The molecule has 0 saturated heterocycles. The monoisotopic (exact) mass is 132 g/mol. The Morgan fingerprint density at radius 2 is 2.33 bits per heavy atom. The number of primary amides is 1.